The summed E-state index contributed by atoms with van der Waals surface area (Å²) in [6.07, 6.45) is 3.60. The smallest absolute Gasteiger partial charge is 0.247 e. The highest BCUT2D eigenvalue weighted by atomic mass is 16.5. The second-order valence-electron chi connectivity index (χ2n) is 8.31. The summed E-state index contributed by atoms with van der Waals surface area (Å²) in [6, 6.07) is 12.7. The van der Waals surface area contributed by atoms with E-state index in [0.29, 0.717) is 25.4 Å². The second kappa shape index (κ2) is 11.6. The van der Waals surface area contributed by atoms with E-state index in [-0.39, 0.29) is 30.6 Å². The third-order valence-electron chi connectivity index (χ3n) is 6.11. The summed E-state index contributed by atoms with van der Waals surface area (Å²) in [5, 5.41) is 23.0. The number of nitrogens with zero attached hydrogens (tertiary/aromatic N) is 1. The van der Waals surface area contributed by atoms with Gasteiger partial charge in [0.15, 0.2) is 0 Å². The maximum absolute atomic E-state index is 12.8. The number of aliphatic hydroxyl groups is 1. The number of amides is 3. The molecule has 0 bridgehead atoms. The number of piperidine rings is 1. The van der Waals surface area contributed by atoms with E-state index in [0.717, 1.165) is 35.6 Å². The highest BCUT2D eigenvalue weighted by Crippen LogP contribution is 2.23. The van der Waals surface area contributed by atoms with Gasteiger partial charge in [-0.15, -0.1) is 0 Å². The number of carbonyl (C=O) groups is 3. The van der Waals surface area contributed by atoms with Crippen LogP contribution in [0, 0.1) is 5.92 Å². The first-order valence-corrected chi connectivity index (χ1v) is 11.1. The second-order valence-corrected chi connectivity index (χ2v) is 8.31. The first kappa shape index (κ1) is 23.7. The zero-order valence-corrected chi connectivity index (χ0v) is 18.1. The van der Waals surface area contributed by atoms with E-state index in [1.54, 1.807) is 10.4 Å². The van der Waals surface area contributed by atoms with E-state index >= 15 is 0 Å². The molecule has 0 unspecified atom stereocenters. The van der Waals surface area contributed by atoms with Gasteiger partial charge in [-0.3, -0.25) is 19.6 Å². The number of carbonyl (C=O) groups excluding carboxylic acids is 3. The average Bonchev–Trinajstić information content (AvgIpc) is 2.82. The fourth-order valence-electron chi connectivity index (χ4n) is 4.32. The van der Waals surface area contributed by atoms with E-state index in [2.05, 4.69) is 5.32 Å². The molecular formula is C24H31N3O5. The fourth-order valence-corrected chi connectivity index (χ4v) is 4.32. The van der Waals surface area contributed by atoms with Crippen LogP contribution in [0.3, 0.4) is 0 Å². The van der Waals surface area contributed by atoms with Crippen molar-refractivity contribution in [1.82, 2.24) is 15.7 Å². The molecule has 0 spiro atoms. The number of hydroxylamine groups is 1. The van der Waals surface area contributed by atoms with Crippen molar-refractivity contribution in [2.75, 3.05) is 19.7 Å². The first-order chi connectivity index (χ1) is 15.5. The molecule has 172 valence electrons. The normalized spacial score (nSPS) is 15.4. The van der Waals surface area contributed by atoms with Gasteiger partial charge in [-0.2, -0.15) is 0 Å². The molecule has 1 atom stereocenters. The van der Waals surface area contributed by atoms with Crippen molar-refractivity contribution >= 4 is 28.5 Å². The predicted octanol–water partition coefficient (Wildman–Crippen LogP) is 1.77. The van der Waals surface area contributed by atoms with Crippen molar-refractivity contribution in [3.8, 4) is 0 Å². The van der Waals surface area contributed by atoms with E-state index in [1.807, 2.05) is 42.5 Å². The predicted molar refractivity (Wildman–Crippen MR) is 120 cm³/mol. The highest BCUT2D eigenvalue weighted by Gasteiger charge is 2.29. The van der Waals surface area contributed by atoms with Crippen molar-refractivity contribution in [2.45, 2.75) is 44.6 Å². The summed E-state index contributed by atoms with van der Waals surface area (Å²) in [5.74, 6) is -0.538. The van der Waals surface area contributed by atoms with Gasteiger partial charge in [0.05, 0.1) is 13.0 Å². The Hall–Kier alpha value is -2.97. The van der Waals surface area contributed by atoms with E-state index in [1.165, 1.54) is 0 Å². The monoisotopic (exact) mass is 441 g/mol. The van der Waals surface area contributed by atoms with Gasteiger partial charge in [0.2, 0.25) is 17.7 Å². The van der Waals surface area contributed by atoms with Crippen molar-refractivity contribution in [3.05, 3.63) is 48.0 Å². The van der Waals surface area contributed by atoms with Gasteiger partial charge in [-0.05, 0) is 47.9 Å². The number of rotatable bonds is 9. The van der Waals surface area contributed by atoms with Gasteiger partial charge in [-0.25, -0.2) is 5.48 Å². The highest BCUT2D eigenvalue weighted by molar-refractivity contribution is 5.92. The van der Waals surface area contributed by atoms with Crippen LogP contribution in [0.4, 0.5) is 0 Å². The van der Waals surface area contributed by atoms with Crippen LogP contribution >= 0.6 is 0 Å². The number of benzene rings is 2. The molecule has 8 heteroatoms. The Bertz CT molecular complexity index is 935. The number of hydrogen-bond donors (Lipinski definition) is 4. The Morgan fingerprint density at radius 3 is 2.47 bits per heavy atom. The molecule has 1 fully saturated rings. The number of likely N-dealkylation sites (tertiary alicyclic amines) is 1. The lowest BCUT2D eigenvalue weighted by Gasteiger charge is -2.34. The number of aliphatic hydroxyl groups excluding tert-OH is 1. The quantitative estimate of drug-likeness (QED) is 0.349. The average molecular weight is 442 g/mol. The molecule has 1 saturated heterocycles. The van der Waals surface area contributed by atoms with Gasteiger partial charge < -0.3 is 15.3 Å². The van der Waals surface area contributed by atoms with Crippen LogP contribution in [0.5, 0.6) is 0 Å². The maximum atomic E-state index is 12.8. The molecule has 0 aliphatic carbocycles. The fraction of sp³-hybridized carbons (Fsp3) is 0.458. The minimum Gasteiger partial charge on any atom is -0.394 e. The van der Waals surface area contributed by atoms with Crippen LogP contribution in [0.1, 0.15) is 37.7 Å². The van der Waals surface area contributed by atoms with Gasteiger partial charge in [0, 0.05) is 19.5 Å². The summed E-state index contributed by atoms with van der Waals surface area (Å²) in [5.41, 5.74) is 2.51. The number of fused-ring (bicyclic) bond motifs is 1. The van der Waals surface area contributed by atoms with Gasteiger partial charge in [0.1, 0.15) is 6.04 Å². The third-order valence-corrected chi connectivity index (χ3v) is 6.11. The van der Waals surface area contributed by atoms with Crippen LogP contribution in [0.2, 0.25) is 0 Å². The topological polar surface area (TPSA) is 119 Å². The zero-order valence-electron chi connectivity index (χ0n) is 18.1. The lowest BCUT2D eigenvalue weighted by molar-refractivity contribution is -0.138. The maximum Gasteiger partial charge on any atom is 0.247 e. The zero-order chi connectivity index (χ0) is 22.9. The lowest BCUT2D eigenvalue weighted by Crippen LogP contribution is -2.52. The lowest BCUT2D eigenvalue weighted by atomic mass is 9.91. The van der Waals surface area contributed by atoms with E-state index in [4.69, 9.17) is 5.21 Å². The minimum atomic E-state index is -0.956. The summed E-state index contributed by atoms with van der Waals surface area (Å²) >= 11 is 0. The molecule has 0 radical (unpaired) electrons. The van der Waals surface area contributed by atoms with Crippen LogP contribution in [0.25, 0.3) is 10.8 Å². The summed E-state index contributed by atoms with van der Waals surface area (Å²) < 4.78 is 0. The molecule has 8 nitrogen and oxygen atoms in total. The third kappa shape index (κ3) is 6.27. The van der Waals surface area contributed by atoms with Crippen molar-refractivity contribution in [1.29, 1.82) is 0 Å². The van der Waals surface area contributed by atoms with E-state index in [9.17, 15) is 19.5 Å². The molecule has 32 heavy (non-hydrogen) atoms. The largest absolute Gasteiger partial charge is 0.394 e. The molecule has 2 aromatic carbocycles. The van der Waals surface area contributed by atoms with Crippen molar-refractivity contribution < 1.29 is 24.7 Å². The van der Waals surface area contributed by atoms with E-state index < -0.39 is 12.6 Å². The van der Waals surface area contributed by atoms with Crippen LogP contribution < -0.4 is 10.8 Å². The number of hydrogen-bond acceptors (Lipinski definition) is 5. The molecule has 0 saturated carbocycles. The Labute approximate surface area is 187 Å². The van der Waals surface area contributed by atoms with Crippen LogP contribution in [-0.2, 0) is 20.8 Å². The SMILES string of the molecule is O=C(CCCC1CCN(C(=O)[C@H](CO)NC(=O)Cc2cccc3ccccc23)CC1)NO. The molecule has 1 aliphatic rings. The molecule has 4 N–H and O–H groups in total. The molecule has 2 aromatic rings. The molecular weight excluding hydrogens is 410 g/mol. The Morgan fingerprint density at radius 2 is 1.75 bits per heavy atom. The Morgan fingerprint density at radius 1 is 1.03 bits per heavy atom. The first-order valence-electron chi connectivity index (χ1n) is 11.1. The molecule has 1 heterocycles. The molecule has 3 amide bonds. The van der Waals surface area contributed by atoms with Crippen molar-refractivity contribution in [2.24, 2.45) is 5.92 Å². The van der Waals surface area contributed by atoms with Gasteiger partial charge in [0.25, 0.3) is 0 Å². The summed E-state index contributed by atoms with van der Waals surface area (Å²) in [4.78, 5) is 38.3. The van der Waals surface area contributed by atoms with Crippen molar-refractivity contribution in [3.63, 3.8) is 0 Å². The Balaban J connectivity index is 1.49. The summed E-state index contributed by atoms with van der Waals surface area (Å²) in [6.45, 7) is 0.674. The summed E-state index contributed by atoms with van der Waals surface area (Å²) in [7, 11) is 0. The van der Waals surface area contributed by atoms with Crippen LogP contribution in [-0.4, -0.2) is 58.7 Å². The number of nitrogens with one attached hydrogen (secondary N) is 2. The standard InChI is InChI=1S/C24H31N3O5/c28-16-21(24(31)27-13-11-17(12-14-27)5-3-10-22(29)26-32)25-23(30)15-19-8-4-7-18-6-1-2-9-20(18)19/h1-2,4,6-9,17,21,28,32H,3,5,10-16H2,(H,25,30)(H,26,29)/t21-/m0/s1. The molecule has 1 aliphatic heterocycles. The minimum absolute atomic E-state index is 0.134. The van der Waals surface area contributed by atoms with Gasteiger partial charge >= 0.3 is 0 Å². The molecule has 0 aromatic heterocycles. The van der Waals surface area contributed by atoms with Crippen LogP contribution in [0.15, 0.2) is 42.5 Å². The Kier molecular flexibility index (Phi) is 8.58. The van der Waals surface area contributed by atoms with Gasteiger partial charge in [-0.1, -0.05) is 42.5 Å². The molecule has 3 rings (SSSR count).